The molecule has 0 aliphatic rings. The molecule has 0 aliphatic carbocycles. The first-order valence-corrected chi connectivity index (χ1v) is 6.13. The van der Waals surface area contributed by atoms with Gasteiger partial charge in [0.25, 0.3) is 0 Å². The number of nitrogens with zero attached hydrogens (tertiary/aromatic N) is 1. The fraction of sp³-hybridized carbons (Fsp3) is 0.267. The van der Waals surface area contributed by atoms with Crippen molar-refractivity contribution in [1.82, 2.24) is 4.98 Å². The lowest BCUT2D eigenvalue weighted by Gasteiger charge is -2.18. The van der Waals surface area contributed by atoms with E-state index in [1.165, 1.54) is 0 Å². The smallest absolute Gasteiger partial charge is 0.142 e. The zero-order valence-corrected chi connectivity index (χ0v) is 11.4. The van der Waals surface area contributed by atoms with Gasteiger partial charge < -0.3 is 14.8 Å². The normalized spacial score (nSPS) is 11.7. The summed E-state index contributed by atoms with van der Waals surface area (Å²) in [6.45, 7) is 2.08. The number of ether oxygens (including phenoxy) is 2. The molecule has 1 N–H and O–H groups in total. The average Bonchev–Trinajstić information content (AvgIpc) is 2.48. The van der Waals surface area contributed by atoms with Crippen LogP contribution in [0.15, 0.2) is 42.7 Å². The van der Waals surface area contributed by atoms with E-state index in [1.807, 2.05) is 36.5 Å². The van der Waals surface area contributed by atoms with Crippen LogP contribution in [0.3, 0.4) is 0 Å². The van der Waals surface area contributed by atoms with E-state index in [1.54, 1.807) is 20.4 Å². The minimum Gasteiger partial charge on any atom is -0.497 e. The third-order valence-electron chi connectivity index (χ3n) is 2.96. The second kappa shape index (κ2) is 6.09. The topological polar surface area (TPSA) is 43.4 Å². The standard InChI is InChI=1S/C15H18N2O2/c1-11(12-5-4-8-16-10-12)17-14-9-13(18-2)6-7-15(14)19-3/h4-11,17H,1-3H3. The zero-order valence-electron chi connectivity index (χ0n) is 11.4. The maximum atomic E-state index is 5.35. The summed E-state index contributed by atoms with van der Waals surface area (Å²) in [5.74, 6) is 1.58. The third kappa shape index (κ3) is 3.16. The van der Waals surface area contributed by atoms with Gasteiger partial charge in [-0.05, 0) is 30.7 Å². The van der Waals surface area contributed by atoms with Crippen LogP contribution in [-0.4, -0.2) is 19.2 Å². The molecular formula is C15H18N2O2. The number of hydrogen-bond acceptors (Lipinski definition) is 4. The predicted octanol–water partition coefficient (Wildman–Crippen LogP) is 3.27. The first kappa shape index (κ1) is 13.2. The fourth-order valence-corrected chi connectivity index (χ4v) is 1.88. The Balaban J connectivity index is 2.22. The first-order valence-electron chi connectivity index (χ1n) is 6.13. The maximum absolute atomic E-state index is 5.35. The lowest BCUT2D eigenvalue weighted by Crippen LogP contribution is -2.08. The minimum atomic E-state index is 0.134. The molecule has 1 aromatic carbocycles. The largest absolute Gasteiger partial charge is 0.497 e. The second-order valence-electron chi connectivity index (χ2n) is 4.22. The molecule has 4 heteroatoms. The van der Waals surface area contributed by atoms with Gasteiger partial charge in [0, 0.05) is 18.5 Å². The fourth-order valence-electron chi connectivity index (χ4n) is 1.88. The Hall–Kier alpha value is -2.23. The van der Waals surface area contributed by atoms with Gasteiger partial charge in [0.2, 0.25) is 0 Å². The van der Waals surface area contributed by atoms with Crippen LogP contribution in [0.25, 0.3) is 0 Å². The van der Waals surface area contributed by atoms with Gasteiger partial charge in [-0.1, -0.05) is 6.07 Å². The first-order chi connectivity index (χ1) is 9.24. The van der Waals surface area contributed by atoms with Gasteiger partial charge in [-0.25, -0.2) is 0 Å². The summed E-state index contributed by atoms with van der Waals surface area (Å²) in [5.41, 5.74) is 2.02. The molecule has 100 valence electrons. The van der Waals surface area contributed by atoms with Crippen LogP contribution in [-0.2, 0) is 0 Å². The van der Waals surface area contributed by atoms with Gasteiger partial charge in [0.1, 0.15) is 11.5 Å². The molecule has 0 aliphatic heterocycles. The van der Waals surface area contributed by atoms with E-state index >= 15 is 0 Å². The molecule has 0 saturated heterocycles. The van der Waals surface area contributed by atoms with E-state index in [4.69, 9.17) is 9.47 Å². The van der Waals surface area contributed by atoms with Crippen LogP contribution in [0, 0.1) is 0 Å². The number of anilines is 1. The average molecular weight is 258 g/mol. The van der Waals surface area contributed by atoms with Crippen molar-refractivity contribution in [2.45, 2.75) is 13.0 Å². The Labute approximate surface area is 113 Å². The number of nitrogens with one attached hydrogen (secondary N) is 1. The number of hydrogen-bond donors (Lipinski definition) is 1. The molecule has 0 saturated carbocycles. The second-order valence-corrected chi connectivity index (χ2v) is 4.22. The number of aromatic nitrogens is 1. The highest BCUT2D eigenvalue weighted by molar-refractivity contribution is 5.60. The monoisotopic (exact) mass is 258 g/mol. The van der Waals surface area contributed by atoms with Crippen molar-refractivity contribution in [2.24, 2.45) is 0 Å². The third-order valence-corrected chi connectivity index (χ3v) is 2.96. The molecular weight excluding hydrogens is 240 g/mol. The van der Waals surface area contributed by atoms with Crippen molar-refractivity contribution in [3.8, 4) is 11.5 Å². The van der Waals surface area contributed by atoms with Gasteiger partial charge in [0.15, 0.2) is 0 Å². The summed E-state index contributed by atoms with van der Waals surface area (Å²) in [6, 6.07) is 9.78. The number of methoxy groups -OCH3 is 2. The summed E-state index contributed by atoms with van der Waals surface area (Å²) in [6.07, 6.45) is 3.62. The molecule has 1 unspecified atom stereocenters. The Bertz CT molecular complexity index is 529. The van der Waals surface area contributed by atoms with Crippen LogP contribution >= 0.6 is 0 Å². The van der Waals surface area contributed by atoms with Crippen LogP contribution in [0.1, 0.15) is 18.5 Å². The Morgan fingerprint density at radius 2 is 2.00 bits per heavy atom. The Kier molecular flexibility index (Phi) is 4.23. The Morgan fingerprint density at radius 3 is 2.63 bits per heavy atom. The molecule has 0 bridgehead atoms. The van der Waals surface area contributed by atoms with Gasteiger partial charge in [-0.3, -0.25) is 4.98 Å². The van der Waals surface area contributed by atoms with Gasteiger partial charge in [-0.15, -0.1) is 0 Å². The molecule has 0 spiro atoms. The van der Waals surface area contributed by atoms with E-state index in [0.717, 1.165) is 22.7 Å². The lowest BCUT2D eigenvalue weighted by atomic mass is 10.1. The maximum Gasteiger partial charge on any atom is 0.142 e. The molecule has 0 radical (unpaired) electrons. The summed E-state index contributed by atoms with van der Waals surface area (Å²) < 4.78 is 10.6. The van der Waals surface area contributed by atoms with Gasteiger partial charge in [-0.2, -0.15) is 0 Å². The van der Waals surface area contributed by atoms with Crippen molar-refractivity contribution in [2.75, 3.05) is 19.5 Å². The van der Waals surface area contributed by atoms with E-state index in [0.29, 0.717) is 0 Å². The highest BCUT2D eigenvalue weighted by Crippen LogP contribution is 2.31. The molecule has 2 aromatic rings. The molecule has 19 heavy (non-hydrogen) atoms. The number of pyridine rings is 1. The summed E-state index contributed by atoms with van der Waals surface area (Å²) in [7, 11) is 3.30. The molecule has 1 heterocycles. The van der Waals surface area contributed by atoms with Crippen molar-refractivity contribution >= 4 is 5.69 Å². The quantitative estimate of drug-likeness (QED) is 0.893. The molecule has 1 atom stereocenters. The van der Waals surface area contributed by atoms with E-state index in [9.17, 15) is 0 Å². The van der Waals surface area contributed by atoms with Crippen LogP contribution in [0.4, 0.5) is 5.69 Å². The van der Waals surface area contributed by atoms with Crippen molar-refractivity contribution < 1.29 is 9.47 Å². The van der Waals surface area contributed by atoms with Crippen molar-refractivity contribution in [3.05, 3.63) is 48.3 Å². The predicted molar refractivity (Wildman–Crippen MR) is 75.8 cm³/mol. The number of benzene rings is 1. The van der Waals surface area contributed by atoms with Gasteiger partial charge in [0.05, 0.1) is 25.9 Å². The summed E-state index contributed by atoms with van der Waals surface area (Å²) in [5, 5.41) is 3.41. The van der Waals surface area contributed by atoms with Crippen LogP contribution in [0.2, 0.25) is 0 Å². The molecule has 0 amide bonds. The highest BCUT2D eigenvalue weighted by atomic mass is 16.5. The Morgan fingerprint density at radius 1 is 1.16 bits per heavy atom. The summed E-state index contributed by atoms with van der Waals surface area (Å²) >= 11 is 0. The number of rotatable bonds is 5. The van der Waals surface area contributed by atoms with Crippen molar-refractivity contribution in [3.63, 3.8) is 0 Å². The minimum absolute atomic E-state index is 0.134. The van der Waals surface area contributed by atoms with Crippen LogP contribution in [0.5, 0.6) is 11.5 Å². The van der Waals surface area contributed by atoms with Crippen LogP contribution < -0.4 is 14.8 Å². The molecule has 4 nitrogen and oxygen atoms in total. The molecule has 0 fully saturated rings. The SMILES string of the molecule is COc1ccc(OC)c(NC(C)c2cccnc2)c1. The van der Waals surface area contributed by atoms with E-state index in [2.05, 4.69) is 17.2 Å². The van der Waals surface area contributed by atoms with E-state index < -0.39 is 0 Å². The highest BCUT2D eigenvalue weighted by Gasteiger charge is 2.10. The zero-order chi connectivity index (χ0) is 13.7. The molecule has 2 rings (SSSR count). The molecule has 1 aromatic heterocycles. The van der Waals surface area contributed by atoms with E-state index in [-0.39, 0.29) is 6.04 Å². The van der Waals surface area contributed by atoms with Gasteiger partial charge >= 0.3 is 0 Å². The lowest BCUT2D eigenvalue weighted by molar-refractivity contribution is 0.404. The van der Waals surface area contributed by atoms with Crippen molar-refractivity contribution in [1.29, 1.82) is 0 Å². The summed E-state index contributed by atoms with van der Waals surface area (Å²) in [4.78, 5) is 4.13.